The zero-order valence-electron chi connectivity index (χ0n) is 15.7. The molecule has 2 aliphatic heterocycles. The van der Waals surface area contributed by atoms with Crippen LogP contribution in [-0.4, -0.2) is 57.0 Å². The molecule has 8 heteroatoms. The molecular weight excluding hydrogens is 348 g/mol. The molecule has 1 atom stereocenters. The van der Waals surface area contributed by atoms with Gasteiger partial charge in [-0.25, -0.2) is 4.79 Å². The molecule has 1 aromatic rings. The summed E-state index contributed by atoms with van der Waals surface area (Å²) in [6, 6.07) is 6.76. The van der Waals surface area contributed by atoms with E-state index in [4.69, 9.17) is 9.47 Å². The summed E-state index contributed by atoms with van der Waals surface area (Å²) in [7, 11) is 1.58. The van der Waals surface area contributed by atoms with E-state index in [1.165, 1.54) is 0 Å². The van der Waals surface area contributed by atoms with Crippen molar-refractivity contribution >= 4 is 23.3 Å². The Morgan fingerprint density at radius 3 is 2.44 bits per heavy atom. The predicted molar refractivity (Wildman–Crippen MR) is 103 cm³/mol. The van der Waals surface area contributed by atoms with Crippen molar-refractivity contribution in [3.05, 3.63) is 24.3 Å². The van der Waals surface area contributed by atoms with Crippen LogP contribution in [0.4, 0.5) is 16.2 Å². The molecule has 148 valence electrons. The molecular formula is C19H28N4O4. The summed E-state index contributed by atoms with van der Waals surface area (Å²) in [5, 5.41) is 11.7. The minimum atomic E-state index is -0.787. The Morgan fingerprint density at radius 2 is 1.85 bits per heavy atom. The van der Waals surface area contributed by atoms with Crippen molar-refractivity contribution in [3.8, 4) is 0 Å². The lowest BCUT2D eigenvalue weighted by Gasteiger charge is -2.34. The summed E-state index contributed by atoms with van der Waals surface area (Å²) in [6.45, 7) is 2.78. The number of rotatable bonds is 6. The number of carbonyl (C=O) groups is 2. The molecule has 0 aliphatic carbocycles. The second kappa shape index (κ2) is 9.16. The minimum Gasteiger partial charge on any atom is -0.376 e. The maximum atomic E-state index is 12.6. The highest BCUT2D eigenvalue weighted by atomic mass is 16.5. The lowest BCUT2D eigenvalue weighted by atomic mass is 9.91. The Kier molecular flexibility index (Phi) is 6.65. The molecule has 4 N–H and O–H groups in total. The maximum Gasteiger partial charge on any atom is 0.319 e. The number of piperidine rings is 1. The molecule has 2 heterocycles. The van der Waals surface area contributed by atoms with Crippen molar-refractivity contribution in [1.29, 1.82) is 0 Å². The second-order valence-corrected chi connectivity index (χ2v) is 6.95. The van der Waals surface area contributed by atoms with E-state index in [1.807, 2.05) is 0 Å². The number of carbonyl (C=O) groups excluding carboxylic acids is 2. The van der Waals surface area contributed by atoms with E-state index in [-0.39, 0.29) is 18.0 Å². The zero-order valence-corrected chi connectivity index (χ0v) is 15.7. The Morgan fingerprint density at radius 1 is 1.19 bits per heavy atom. The lowest BCUT2D eigenvalue weighted by molar-refractivity contribution is -0.140. The average molecular weight is 376 g/mol. The van der Waals surface area contributed by atoms with Gasteiger partial charge in [-0.15, -0.1) is 0 Å². The molecule has 1 aromatic carbocycles. The van der Waals surface area contributed by atoms with Crippen LogP contribution < -0.4 is 21.3 Å². The number of hydrogen-bond acceptors (Lipinski definition) is 5. The number of anilines is 2. The number of benzene rings is 1. The van der Waals surface area contributed by atoms with Crippen LogP contribution in [0.5, 0.6) is 0 Å². The van der Waals surface area contributed by atoms with Crippen molar-refractivity contribution in [1.82, 2.24) is 10.6 Å². The average Bonchev–Trinajstić information content (AvgIpc) is 3.22. The predicted octanol–water partition coefficient (Wildman–Crippen LogP) is 1.69. The highest BCUT2D eigenvalue weighted by Gasteiger charge is 2.39. The third-order valence-electron chi connectivity index (χ3n) is 5.13. The fraction of sp³-hybridized carbons (Fsp3) is 0.579. The van der Waals surface area contributed by atoms with Gasteiger partial charge < -0.3 is 30.7 Å². The van der Waals surface area contributed by atoms with E-state index in [9.17, 15) is 9.59 Å². The van der Waals surface area contributed by atoms with Crippen LogP contribution >= 0.6 is 0 Å². The van der Waals surface area contributed by atoms with Crippen molar-refractivity contribution in [2.24, 2.45) is 0 Å². The fourth-order valence-electron chi connectivity index (χ4n) is 3.42. The molecule has 0 saturated carbocycles. The fourth-order valence-corrected chi connectivity index (χ4v) is 3.42. The van der Waals surface area contributed by atoms with Gasteiger partial charge in [0.15, 0.2) is 0 Å². The van der Waals surface area contributed by atoms with Crippen molar-refractivity contribution in [2.75, 3.05) is 44.0 Å². The molecule has 0 spiro atoms. The van der Waals surface area contributed by atoms with E-state index in [2.05, 4.69) is 21.3 Å². The molecule has 0 bridgehead atoms. The molecule has 1 unspecified atom stereocenters. The van der Waals surface area contributed by atoms with E-state index >= 15 is 0 Å². The van der Waals surface area contributed by atoms with Gasteiger partial charge in [-0.05, 0) is 63.0 Å². The number of urea groups is 1. The number of hydrogen-bond donors (Lipinski definition) is 4. The first kappa shape index (κ1) is 19.6. The minimum absolute atomic E-state index is 0.108. The molecule has 2 fully saturated rings. The SMILES string of the molecule is COC1(C(=O)Nc2ccc(NC(=O)NCC3CCCO3)cc2)CCNCC1. The van der Waals surface area contributed by atoms with Gasteiger partial charge in [0.2, 0.25) is 0 Å². The summed E-state index contributed by atoms with van der Waals surface area (Å²) < 4.78 is 11.0. The van der Waals surface area contributed by atoms with E-state index in [0.29, 0.717) is 30.8 Å². The van der Waals surface area contributed by atoms with Crippen molar-refractivity contribution < 1.29 is 19.1 Å². The Labute approximate surface area is 159 Å². The van der Waals surface area contributed by atoms with Gasteiger partial charge in [0.25, 0.3) is 5.91 Å². The van der Waals surface area contributed by atoms with E-state index in [1.54, 1.807) is 31.4 Å². The third-order valence-corrected chi connectivity index (χ3v) is 5.13. The summed E-state index contributed by atoms with van der Waals surface area (Å²) >= 11 is 0. The van der Waals surface area contributed by atoms with Gasteiger partial charge in [0, 0.05) is 31.6 Å². The Hall–Kier alpha value is -2.16. The summed E-state index contributed by atoms with van der Waals surface area (Å²) in [5.74, 6) is -0.137. The van der Waals surface area contributed by atoms with Crippen LogP contribution in [0, 0.1) is 0 Å². The first-order valence-electron chi connectivity index (χ1n) is 9.45. The molecule has 0 radical (unpaired) electrons. The quantitative estimate of drug-likeness (QED) is 0.605. The summed E-state index contributed by atoms with van der Waals surface area (Å²) in [6.07, 6.45) is 3.41. The molecule has 3 rings (SSSR count). The smallest absolute Gasteiger partial charge is 0.319 e. The highest BCUT2D eigenvalue weighted by Crippen LogP contribution is 2.25. The first-order valence-corrected chi connectivity index (χ1v) is 9.45. The maximum absolute atomic E-state index is 12.6. The van der Waals surface area contributed by atoms with E-state index < -0.39 is 5.60 Å². The number of ether oxygens (including phenoxy) is 2. The largest absolute Gasteiger partial charge is 0.376 e. The van der Waals surface area contributed by atoms with Crippen molar-refractivity contribution in [3.63, 3.8) is 0 Å². The lowest BCUT2D eigenvalue weighted by Crippen LogP contribution is -2.51. The van der Waals surface area contributed by atoms with Gasteiger partial charge in [0.1, 0.15) is 5.60 Å². The molecule has 2 aliphatic rings. The molecule has 0 aromatic heterocycles. The van der Waals surface area contributed by atoms with Gasteiger partial charge in [-0.1, -0.05) is 0 Å². The number of amides is 3. The van der Waals surface area contributed by atoms with Gasteiger partial charge in [0.05, 0.1) is 6.10 Å². The van der Waals surface area contributed by atoms with Crippen LogP contribution in [-0.2, 0) is 14.3 Å². The van der Waals surface area contributed by atoms with Gasteiger partial charge in [-0.3, -0.25) is 4.79 Å². The normalized spacial score (nSPS) is 21.4. The van der Waals surface area contributed by atoms with Crippen LogP contribution in [0.1, 0.15) is 25.7 Å². The monoisotopic (exact) mass is 376 g/mol. The third kappa shape index (κ3) is 5.18. The molecule has 3 amide bonds. The summed E-state index contributed by atoms with van der Waals surface area (Å²) in [5.41, 5.74) is 0.533. The Bertz CT molecular complexity index is 638. The number of nitrogens with one attached hydrogen (secondary N) is 4. The van der Waals surface area contributed by atoms with Crippen LogP contribution in [0.15, 0.2) is 24.3 Å². The highest BCUT2D eigenvalue weighted by molar-refractivity contribution is 5.98. The second-order valence-electron chi connectivity index (χ2n) is 6.95. The zero-order chi connectivity index (χ0) is 19.1. The topological polar surface area (TPSA) is 101 Å². The standard InChI is InChI=1S/C19H28N4O4/c1-26-19(8-10-20-11-9-19)17(24)22-14-4-6-15(7-5-14)23-18(25)21-13-16-3-2-12-27-16/h4-7,16,20H,2-3,8-13H2,1H3,(H,22,24)(H2,21,23,25). The van der Waals surface area contributed by atoms with Crippen molar-refractivity contribution in [2.45, 2.75) is 37.4 Å². The van der Waals surface area contributed by atoms with Gasteiger partial charge >= 0.3 is 6.03 Å². The molecule has 27 heavy (non-hydrogen) atoms. The Balaban J connectivity index is 1.49. The van der Waals surface area contributed by atoms with Crippen LogP contribution in [0.3, 0.4) is 0 Å². The van der Waals surface area contributed by atoms with Crippen LogP contribution in [0.25, 0.3) is 0 Å². The first-order chi connectivity index (χ1) is 13.1. The molecule has 2 saturated heterocycles. The van der Waals surface area contributed by atoms with Crippen LogP contribution in [0.2, 0.25) is 0 Å². The number of methoxy groups -OCH3 is 1. The van der Waals surface area contributed by atoms with E-state index in [0.717, 1.165) is 32.5 Å². The molecule has 8 nitrogen and oxygen atoms in total. The summed E-state index contributed by atoms with van der Waals surface area (Å²) in [4.78, 5) is 24.6. The van der Waals surface area contributed by atoms with Gasteiger partial charge in [-0.2, -0.15) is 0 Å².